The molecule has 0 fully saturated rings. The van der Waals surface area contributed by atoms with E-state index in [-0.39, 0.29) is 5.82 Å². The van der Waals surface area contributed by atoms with Crippen LogP contribution < -0.4 is 10.6 Å². The third kappa shape index (κ3) is 4.08. The van der Waals surface area contributed by atoms with Crippen LogP contribution in [0.15, 0.2) is 53.0 Å². The van der Waals surface area contributed by atoms with Crippen molar-refractivity contribution in [3.05, 3.63) is 70.2 Å². The van der Waals surface area contributed by atoms with Gasteiger partial charge in [0.1, 0.15) is 23.3 Å². The molecule has 122 valence electrons. The summed E-state index contributed by atoms with van der Waals surface area (Å²) in [4.78, 5) is 8.76. The summed E-state index contributed by atoms with van der Waals surface area (Å²) in [6.45, 7) is 3.86. The topological polar surface area (TPSA) is 49.8 Å². The molecule has 4 nitrogen and oxygen atoms in total. The van der Waals surface area contributed by atoms with Crippen molar-refractivity contribution in [1.29, 1.82) is 0 Å². The second-order valence-corrected chi connectivity index (χ2v) is 6.26. The van der Waals surface area contributed by atoms with E-state index in [1.165, 1.54) is 12.1 Å². The molecular weight excluding hydrogens is 371 g/mol. The van der Waals surface area contributed by atoms with E-state index in [9.17, 15) is 4.39 Å². The average molecular weight is 387 g/mol. The lowest BCUT2D eigenvalue weighted by Gasteiger charge is -2.11. The second kappa shape index (κ2) is 6.97. The van der Waals surface area contributed by atoms with Crippen LogP contribution in [0.25, 0.3) is 0 Å². The Hall–Kier alpha value is -2.47. The molecule has 3 aromatic rings. The SMILES string of the molecule is Cc1nc(Nc2ccc(F)cc2)cc(Nc2ccc(C)c(Br)c2)n1. The smallest absolute Gasteiger partial charge is 0.136 e. The van der Waals surface area contributed by atoms with Crippen molar-refractivity contribution < 1.29 is 4.39 Å². The second-order valence-electron chi connectivity index (χ2n) is 5.41. The van der Waals surface area contributed by atoms with Gasteiger partial charge >= 0.3 is 0 Å². The highest BCUT2D eigenvalue weighted by Crippen LogP contribution is 2.24. The zero-order chi connectivity index (χ0) is 17.1. The summed E-state index contributed by atoms with van der Waals surface area (Å²) in [6.07, 6.45) is 0. The molecule has 24 heavy (non-hydrogen) atoms. The molecule has 0 atom stereocenters. The van der Waals surface area contributed by atoms with Crippen molar-refractivity contribution in [2.24, 2.45) is 0 Å². The summed E-state index contributed by atoms with van der Waals surface area (Å²) in [5, 5.41) is 6.42. The largest absolute Gasteiger partial charge is 0.340 e. The lowest BCUT2D eigenvalue weighted by Crippen LogP contribution is -2.01. The van der Waals surface area contributed by atoms with Crippen molar-refractivity contribution in [2.75, 3.05) is 10.6 Å². The van der Waals surface area contributed by atoms with Crippen molar-refractivity contribution in [3.63, 3.8) is 0 Å². The first-order valence-electron chi connectivity index (χ1n) is 7.41. The summed E-state index contributed by atoms with van der Waals surface area (Å²) in [6, 6.07) is 14.0. The molecule has 6 heteroatoms. The molecule has 0 radical (unpaired) electrons. The predicted molar refractivity (Wildman–Crippen MR) is 98.6 cm³/mol. The third-order valence-corrected chi connectivity index (χ3v) is 4.25. The quantitative estimate of drug-likeness (QED) is 0.622. The summed E-state index contributed by atoms with van der Waals surface area (Å²) in [5.74, 6) is 1.69. The van der Waals surface area contributed by atoms with Gasteiger partial charge in [0.05, 0.1) is 0 Å². The molecule has 0 amide bonds. The minimum absolute atomic E-state index is 0.272. The van der Waals surface area contributed by atoms with Gasteiger partial charge in [0.2, 0.25) is 0 Å². The van der Waals surface area contributed by atoms with Gasteiger partial charge in [0, 0.05) is 21.9 Å². The monoisotopic (exact) mass is 386 g/mol. The van der Waals surface area contributed by atoms with Gasteiger partial charge in [-0.3, -0.25) is 0 Å². The number of nitrogens with zero attached hydrogens (tertiary/aromatic N) is 2. The van der Waals surface area contributed by atoms with Crippen molar-refractivity contribution >= 4 is 38.9 Å². The number of aryl methyl sites for hydroxylation is 2. The maximum absolute atomic E-state index is 13.0. The molecule has 1 heterocycles. The van der Waals surface area contributed by atoms with E-state index in [1.54, 1.807) is 12.1 Å². The highest BCUT2D eigenvalue weighted by Gasteiger charge is 2.05. The molecule has 3 rings (SSSR count). The van der Waals surface area contributed by atoms with Gasteiger partial charge in [0.15, 0.2) is 0 Å². The third-order valence-electron chi connectivity index (χ3n) is 3.40. The number of hydrogen-bond acceptors (Lipinski definition) is 4. The van der Waals surface area contributed by atoms with Gasteiger partial charge in [-0.15, -0.1) is 0 Å². The van der Waals surface area contributed by atoms with Gasteiger partial charge < -0.3 is 10.6 Å². The van der Waals surface area contributed by atoms with E-state index >= 15 is 0 Å². The minimum atomic E-state index is -0.272. The van der Waals surface area contributed by atoms with E-state index in [1.807, 2.05) is 38.1 Å². The molecular formula is C18H16BrFN4. The number of anilines is 4. The average Bonchev–Trinajstić information content (AvgIpc) is 2.53. The Bertz CT molecular complexity index is 865. The van der Waals surface area contributed by atoms with Gasteiger partial charge in [-0.05, 0) is 55.8 Å². The van der Waals surface area contributed by atoms with E-state index in [4.69, 9.17) is 0 Å². The molecule has 2 N–H and O–H groups in total. The van der Waals surface area contributed by atoms with Gasteiger partial charge in [-0.25, -0.2) is 14.4 Å². The Labute approximate surface area is 148 Å². The van der Waals surface area contributed by atoms with Crippen LogP contribution in [0, 0.1) is 19.7 Å². The molecule has 0 aliphatic rings. The van der Waals surface area contributed by atoms with Crippen LogP contribution in [-0.2, 0) is 0 Å². The summed E-state index contributed by atoms with van der Waals surface area (Å²) < 4.78 is 14.0. The Morgan fingerprint density at radius 1 is 0.833 bits per heavy atom. The lowest BCUT2D eigenvalue weighted by molar-refractivity contribution is 0.628. The van der Waals surface area contributed by atoms with Crippen LogP contribution in [0.3, 0.4) is 0 Å². The van der Waals surface area contributed by atoms with E-state index < -0.39 is 0 Å². The van der Waals surface area contributed by atoms with Gasteiger partial charge in [-0.2, -0.15) is 0 Å². The zero-order valence-corrected chi connectivity index (χ0v) is 14.9. The van der Waals surface area contributed by atoms with Crippen LogP contribution >= 0.6 is 15.9 Å². The first-order valence-corrected chi connectivity index (χ1v) is 8.20. The number of aromatic nitrogens is 2. The Kier molecular flexibility index (Phi) is 4.76. The molecule has 0 spiro atoms. The maximum Gasteiger partial charge on any atom is 0.136 e. The number of nitrogens with one attached hydrogen (secondary N) is 2. The van der Waals surface area contributed by atoms with E-state index in [0.717, 1.165) is 21.4 Å². The summed E-state index contributed by atoms with van der Waals surface area (Å²) in [5.41, 5.74) is 2.86. The Morgan fingerprint density at radius 2 is 1.42 bits per heavy atom. The molecule has 1 aromatic heterocycles. The number of halogens is 2. The number of rotatable bonds is 4. The number of hydrogen-bond donors (Lipinski definition) is 2. The summed E-state index contributed by atoms with van der Waals surface area (Å²) >= 11 is 3.52. The Morgan fingerprint density at radius 3 is 2.04 bits per heavy atom. The predicted octanol–water partition coefficient (Wildman–Crippen LogP) is 5.48. The summed E-state index contributed by atoms with van der Waals surface area (Å²) in [7, 11) is 0. The molecule has 0 saturated heterocycles. The van der Waals surface area contributed by atoms with Crippen LogP contribution in [0.4, 0.5) is 27.4 Å². The molecule has 2 aromatic carbocycles. The minimum Gasteiger partial charge on any atom is -0.340 e. The molecule has 0 unspecified atom stereocenters. The van der Waals surface area contributed by atoms with Gasteiger partial charge in [-0.1, -0.05) is 22.0 Å². The fraction of sp³-hybridized carbons (Fsp3) is 0.111. The highest BCUT2D eigenvalue weighted by molar-refractivity contribution is 9.10. The van der Waals surface area contributed by atoms with Gasteiger partial charge in [0.25, 0.3) is 0 Å². The highest BCUT2D eigenvalue weighted by atomic mass is 79.9. The lowest BCUT2D eigenvalue weighted by atomic mass is 10.2. The van der Waals surface area contributed by atoms with Crippen LogP contribution in [0.1, 0.15) is 11.4 Å². The normalized spacial score (nSPS) is 10.5. The molecule has 0 aliphatic carbocycles. The fourth-order valence-electron chi connectivity index (χ4n) is 2.20. The first-order chi connectivity index (χ1) is 11.5. The maximum atomic E-state index is 13.0. The van der Waals surface area contributed by atoms with Crippen LogP contribution in [-0.4, -0.2) is 9.97 Å². The van der Waals surface area contributed by atoms with Crippen LogP contribution in [0.2, 0.25) is 0 Å². The van der Waals surface area contributed by atoms with Crippen molar-refractivity contribution in [1.82, 2.24) is 9.97 Å². The molecule has 0 saturated carbocycles. The first kappa shape index (κ1) is 16.4. The van der Waals surface area contributed by atoms with E-state index in [2.05, 4.69) is 36.5 Å². The zero-order valence-electron chi connectivity index (χ0n) is 13.3. The molecule has 0 aliphatic heterocycles. The van der Waals surface area contributed by atoms with Crippen LogP contribution in [0.5, 0.6) is 0 Å². The molecule has 0 bridgehead atoms. The van der Waals surface area contributed by atoms with E-state index in [0.29, 0.717) is 17.5 Å². The van der Waals surface area contributed by atoms with Crippen molar-refractivity contribution in [2.45, 2.75) is 13.8 Å². The number of benzene rings is 2. The Balaban J connectivity index is 1.82. The standard InChI is InChI=1S/C18H16BrFN4/c1-11-3-6-15(9-16(11)19)24-18-10-17(21-12(2)22-18)23-14-7-4-13(20)5-8-14/h3-10H,1-2H3,(H2,21,22,23,24). The fourth-order valence-corrected chi connectivity index (χ4v) is 2.57. The van der Waals surface area contributed by atoms with Crippen molar-refractivity contribution in [3.8, 4) is 0 Å².